The molecule has 0 saturated carbocycles. The van der Waals surface area contributed by atoms with Gasteiger partial charge < -0.3 is 5.11 Å². The van der Waals surface area contributed by atoms with Crippen LogP contribution >= 0.6 is 0 Å². The van der Waals surface area contributed by atoms with Crippen LogP contribution in [0.3, 0.4) is 0 Å². The smallest absolute Gasteiger partial charge is 0.394 e. The summed E-state index contributed by atoms with van der Waals surface area (Å²) in [6, 6.07) is 0. The molecule has 0 aliphatic carbocycles. The third-order valence-corrected chi connectivity index (χ3v) is 3.96. The highest BCUT2D eigenvalue weighted by atomic mass is 32.3. The molecule has 0 radical (unpaired) electrons. The van der Waals surface area contributed by atoms with Crippen LogP contribution in [-0.2, 0) is 18.8 Å². The monoisotopic (exact) mass is 310 g/mol. The van der Waals surface area contributed by atoms with Crippen molar-refractivity contribution >= 4 is 10.4 Å². The largest absolute Gasteiger partial charge is 0.399 e. The summed E-state index contributed by atoms with van der Waals surface area (Å²) in [5, 5.41) is 8.44. The van der Waals surface area contributed by atoms with Crippen LogP contribution < -0.4 is 0 Å². The molecule has 0 atom stereocenters. The molecule has 0 aliphatic heterocycles. The standard InChI is InChI=1S/C14H30O5S/c1-2-3-4-5-6-7-8-9-10-11-13-18-20(16,17)19-14-12-15/h15H,2-14H2,1H3. The van der Waals surface area contributed by atoms with Crippen LogP contribution in [0.2, 0.25) is 0 Å². The Kier molecular flexibility index (Phi) is 13.7. The molecule has 0 aromatic heterocycles. The third-order valence-electron chi connectivity index (χ3n) is 3.04. The molecule has 1 N–H and O–H groups in total. The molecule has 0 bridgehead atoms. The maximum Gasteiger partial charge on any atom is 0.399 e. The van der Waals surface area contributed by atoms with Gasteiger partial charge in [0.1, 0.15) is 0 Å². The Hall–Kier alpha value is -0.170. The van der Waals surface area contributed by atoms with Gasteiger partial charge in [0, 0.05) is 0 Å². The van der Waals surface area contributed by atoms with E-state index < -0.39 is 10.4 Å². The minimum absolute atomic E-state index is 0.157. The summed E-state index contributed by atoms with van der Waals surface area (Å²) in [6.07, 6.45) is 11.9. The van der Waals surface area contributed by atoms with Crippen LogP contribution in [0.15, 0.2) is 0 Å². The van der Waals surface area contributed by atoms with Crippen molar-refractivity contribution in [3.63, 3.8) is 0 Å². The van der Waals surface area contributed by atoms with Gasteiger partial charge in [0.15, 0.2) is 0 Å². The Morgan fingerprint density at radius 3 is 1.70 bits per heavy atom. The Morgan fingerprint density at radius 1 is 0.750 bits per heavy atom. The molecule has 0 saturated heterocycles. The predicted octanol–water partition coefficient (Wildman–Crippen LogP) is 3.18. The molecule has 0 aromatic carbocycles. The SMILES string of the molecule is CCCCCCCCCCCCOS(=O)(=O)OCCO. The first-order valence-corrected chi connectivity index (χ1v) is 9.10. The average molecular weight is 310 g/mol. The third kappa shape index (κ3) is 14.2. The normalized spacial score (nSPS) is 11.9. The number of rotatable bonds is 15. The van der Waals surface area contributed by atoms with Crippen LogP contribution in [0.5, 0.6) is 0 Å². The average Bonchev–Trinajstić information content (AvgIpc) is 2.42. The van der Waals surface area contributed by atoms with Crippen molar-refractivity contribution in [2.24, 2.45) is 0 Å². The Labute approximate surface area is 124 Å². The summed E-state index contributed by atoms with van der Waals surface area (Å²) in [5.74, 6) is 0. The van der Waals surface area contributed by atoms with E-state index in [1.165, 1.54) is 44.9 Å². The lowest BCUT2D eigenvalue weighted by Gasteiger charge is -2.05. The maximum atomic E-state index is 11.1. The molecule has 6 heteroatoms. The number of hydrogen-bond donors (Lipinski definition) is 1. The maximum absolute atomic E-state index is 11.1. The molecule has 0 unspecified atom stereocenters. The van der Waals surface area contributed by atoms with Crippen molar-refractivity contribution in [2.45, 2.75) is 71.1 Å². The molecule has 0 fully saturated rings. The minimum Gasteiger partial charge on any atom is -0.394 e. The fraction of sp³-hybridized carbons (Fsp3) is 1.00. The van der Waals surface area contributed by atoms with Gasteiger partial charge >= 0.3 is 10.4 Å². The van der Waals surface area contributed by atoms with E-state index >= 15 is 0 Å². The van der Waals surface area contributed by atoms with Gasteiger partial charge in [0.25, 0.3) is 0 Å². The molecular weight excluding hydrogens is 280 g/mol. The van der Waals surface area contributed by atoms with E-state index in [0.29, 0.717) is 0 Å². The Morgan fingerprint density at radius 2 is 1.20 bits per heavy atom. The van der Waals surface area contributed by atoms with E-state index in [1.807, 2.05) is 0 Å². The van der Waals surface area contributed by atoms with Gasteiger partial charge in [-0.1, -0.05) is 64.7 Å². The van der Waals surface area contributed by atoms with E-state index in [4.69, 9.17) is 5.11 Å². The highest BCUT2D eigenvalue weighted by molar-refractivity contribution is 7.81. The minimum atomic E-state index is -3.91. The summed E-state index contributed by atoms with van der Waals surface area (Å²) < 4.78 is 31.2. The van der Waals surface area contributed by atoms with Gasteiger partial charge in [0.2, 0.25) is 0 Å². The van der Waals surface area contributed by atoms with E-state index in [9.17, 15) is 8.42 Å². The number of unbranched alkanes of at least 4 members (excludes halogenated alkanes) is 9. The second-order valence-electron chi connectivity index (χ2n) is 4.96. The van der Waals surface area contributed by atoms with Gasteiger partial charge in [-0.05, 0) is 6.42 Å². The number of aliphatic hydroxyl groups excluding tert-OH is 1. The highest BCUT2D eigenvalue weighted by Crippen LogP contribution is 2.10. The van der Waals surface area contributed by atoms with Crippen LogP contribution in [-0.4, -0.2) is 33.3 Å². The molecule has 0 aliphatic rings. The molecule has 20 heavy (non-hydrogen) atoms. The summed E-state index contributed by atoms with van der Waals surface area (Å²) in [4.78, 5) is 0. The van der Waals surface area contributed by atoms with E-state index in [-0.39, 0.29) is 19.8 Å². The zero-order valence-corrected chi connectivity index (χ0v) is 13.5. The summed E-state index contributed by atoms with van der Waals surface area (Å²) in [7, 11) is -3.91. The zero-order chi connectivity index (χ0) is 15.1. The van der Waals surface area contributed by atoms with E-state index in [0.717, 1.165) is 19.3 Å². The summed E-state index contributed by atoms with van der Waals surface area (Å²) in [5.41, 5.74) is 0. The van der Waals surface area contributed by atoms with Crippen molar-refractivity contribution in [2.75, 3.05) is 19.8 Å². The quantitative estimate of drug-likeness (QED) is 0.470. The Bertz CT molecular complexity index is 290. The highest BCUT2D eigenvalue weighted by Gasteiger charge is 2.10. The molecule has 0 heterocycles. The first-order chi connectivity index (χ1) is 9.62. The topological polar surface area (TPSA) is 72.8 Å². The first-order valence-electron chi connectivity index (χ1n) is 7.77. The lowest BCUT2D eigenvalue weighted by Crippen LogP contribution is -2.13. The lowest BCUT2D eigenvalue weighted by molar-refractivity contribution is 0.167. The van der Waals surface area contributed by atoms with Crippen LogP contribution in [0.1, 0.15) is 71.1 Å². The molecule has 0 aromatic rings. The van der Waals surface area contributed by atoms with Gasteiger partial charge in [0.05, 0.1) is 19.8 Å². The van der Waals surface area contributed by atoms with Crippen molar-refractivity contribution in [3.05, 3.63) is 0 Å². The number of aliphatic hydroxyl groups is 1. The first kappa shape index (κ1) is 19.8. The number of hydrogen-bond acceptors (Lipinski definition) is 5. The second kappa shape index (κ2) is 13.8. The van der Waals surface area contributed by atoms with Crippen LogP contribution in [0.4, 0.5) is 0 Å². The van der Waals surface area contributed by atoms with Crippen molar-refractivity contribution < 1.29 is 21.9 Å². The van der Waals surface area contributed by atoms with Gasteiger partial charge in [-0.25, -0.2) is 8.37 Å². The van der Waals surface area contributed by atoms with Crippen molar-refractivity contribution in [3.8, 4) is 0 Å². The summed E-state index contributed by atoms with van der Waals surface area (Å²) >= 11 is 0. The predicted molar refractivity (Wildman–Crippen MR) is 79.8 cm³/mol. The molecule has 0 rings (SSSR count). The van der Waals surface area contributed by atoms with Crippen molar-refractivity contribution in [1.82, 2.24) is 0 Å². The fourth-order valence-electron chi connectivity index (χ4n) is 1.92. The Balaban J connectivity index is 3.24. The molecule has 0 amide bonds. The molecular formula is C14H30O5S. The molecule has 122 valence electrons. The molecule has 0 spiro atoms. The fourth-order valence-corrected chi connectivity index (χ4v) is 2.59. The van der Waals surface area contributed by atoms with Crippen LogP contribution in [0.25, 0.3) is 0 Å². The van der Waals surface area contributed by atoms with Crippen LogP contribution in [0, 0.1) is 0 Å². The van der Waals surface area contributed by atoms with Gasteiger partial charge in [-0.15, -0.1) is 0 Å². The van der Waals surface area contributed by atoms with E-state index in [1.54, 1.807) is 0 Å². The second-order valence-corrected chi connectivity index (χ2v) is 6.25. The zero-order valence-electron chi connectivity index (χ0n) is 12.7. The molecule has 5 nitrogen and oxygen atoms in total. The lowest BCUT2D eigenvalue weighted by atomic mass is 10.1. The van der Waals surface area contributed by atoms with Gasteiger partial charge in [-0.3, -0.25) is 0 Å². The van der Waals surface area contributed by atoms with E-state index in [2.05, 4.69) is 15.3 Å². The summed E-state index contributed by atoms with van der Waals surface area (Å²) in [6.45, 7) is 1.79. The van der Waals surface area contributed by atoms with Crippen molar-refractivity contribution in [1.29, 1.82) is 0 Å². The van der Waals surface area contributed by atoms with Gasteiger partial charge in [-0.2, -0.15) is 8.42 Å².